The average molecular weight is 525 g/mol. The van der Waals surface area contributed by atoms with Crippen LogP contribution in [0.1, 0.15) is 78.1 Å². The van der Waals surface area contributed by atoms with Crippen molar-refractivity contribution in [3.63, 3.8) is 0 Å². The van der Waals surface area contributed by atoms with E-state index in [9.17, 15) is 41.7 Å². The molecule has 0 radical (unpaired) electrons. The number of hydrogen-bond acceptors (Lipinski definition) is 3. The molecule has 0 amide bonds. The second-order valence-corrected chi connectivity index (χ2v) is 11.4. The molecule has 36 heavy (non-hydrogen) atoms. The first-order valence-electron chi connectivity index (χ1n) is 12.8. The highest BCUT2D eigenvalue weighted by atomic mass is 19.4. The minimum atomic E-state index is -5.77. The SMILES string of the molecule is C=C1C(=CC=C2CCCC3(C)C2CC[C@@H]3[C@H](C)CCCC(O)(C(F)(F)F)C(F)(F)F)C[C@@H](O)C[C@@H]1O. The van der Waals surface area contributed by atoms with Crippen LogP contribution in [-0.2, 0) is 0 Å². The summed E-state index contributed by atoms with van der Waals surface area (Å²) in [4.78, 5) is 0. The lowest BCUT2D eigenvalue weighted by atomic mass is 9.60. The summed E-state index contributed by atoms with van der Waals surface area (Å²) in [6.07, 6.45) is -5.24. The lowest BCUT2D eigenvalue weighted by Gasteiger charge is -2.44. The quantitative estimate of drug-likeness (QED) is 0.336. The van der Waals surface area contributed by atoms with Crippen LogP contribution >= 0.6 is 0 Å². The zero-order valence-electron chi connectivity index (χ0n) is 20.9. The Balaban J connectivity index is 1.69. The molecule has 9 heteroatoms. The smallest absolute Gasteiger partial charge is 0.393 e. The van der Waals surface area contributed by atoms with Crippen molar-refractivity contribution in [3.05, 3.63) is 35.5 Å². The summed E-state index contributed by atoms with van der Waals surface area (Å²) < 4.78 is 78.1. The van der Waals surface area contributed by atoms with Gasteiger partial charge < -0.3 is 15.3 Å². The Labute approximate surface area is 209 Å². The third kappa shape index (κ3) is 5.58. The summed E-state index contributed by atoms with van der Waals surface area (Å²) in [6, 6.07) is 0. The van der Waals surface area contributed by atoms with Crippen LogP contribution in [0.3, 0.4) is 0 Å². The molecule has 0 aromatic rings. The zero-order chi connectivity index (χ0) is 27.1. The Morgan fingerprint density at radius 1 is 1.08 bits per heavy atom. The van der Waals surface area contributed by atoms with Crippen molar-refractivity contribution in [3.8, 4) is 0 Å². The fourth-order valence-corrected chi connectivity index (χ4v) is 7.00. The lowest BCUT2D eigenvalue weighted by Crippen LogP contribution is -2.56. The Bertz CT molecular complexity index is 860. The van der Waals surface area contributed by atoms with Crippen molar-refractivity contribution in [2.75, 3.05) is 0 Å². The maximum absolute atomic E-state index is 13.0. The molecule has 3 rings (SSSR count). The van der Waals surface area contributed by atoms with E-state index in [2.05, 4.69) is 19.6 Å². The molecule has 0 aromatic carbocycles. The van der Waals surface area contributed by atoms with Gasteiger partial charge in [-0.3, -0.25) is 0 Å². The Kier molecular flexibility index (Phi) is 8.48. The molecule has 3 aliphatic carbocycles. The van der Waals surface area contributed by atoms with Crippen molar-refractivity contribution in [2.45, 2.75) is 108 Å². The summed E-state index contributed by atoms with van der Waals surface area (Å²) in [5, 5.41) is 29.5. The summed E-state index contributed by atoms with van der Waals surface area (Å²) in [5.41, 5.74) is -2.08. The maximum atomic E-state index is 13.0. The van der Waals surface area contributed by atoms with Gasteiger partial charge in [0.2, 0.25) is 0 Å². The summed E-state index contributed by atoms with van der Waals surface area (Å²) in [5.74, 6) is 0.355. The van der Waals surface area contributed by atoms with Gasteiger partial charge in [-0.25, -0.2) is 0 Å². The Morgan fingerprint density at radius 2 is 1.72 bits per heavy atom. The second kappa shape index (κ2) is 10.4. The fraction of sp³-hybridized carbons (Fsp3) is 0.778. The third-order valence-corrected chi connectivity index (χ3v) is 9.12. The predicted octanol–water partition coefficient (Wildman–Crippen LogP) is 6.79. The number of rotatable bonds is 6. The highest BCUT2D eigenvalue weighted by Crippen LogP contribution is 2.60. The van der Waals surface area contributed by atoms with Crippen LogP contribution in [0.4, 0.5) is 26.3 Å². The molecule has 0 aliphatic heterocycles. The number of aliphatic hydroxyl groups is 3. The third-order valence-electron chi connectivity index (χ3n) is 9.12. The van der Waals surface area contributed by atoms with Crippen LogP contribution in [0.15, 0.2) is 35.5 Å². The number of allylic oxidation sites excluding steroid dienone is 3. The van der Waals surface area contributed by atoms with E-state index in [1.807, 2.05) is 13.0 Å². The minimum absolute atomic E-state index is 0.0770. The molecule has 3 saturated carbocycles. The molecule has 0 saturated heterocycles. The van der Waals surface area contributed by atoms with E-state index in [0.717, 1.165) is 37.7 Å². The summed E-state index contributed by atoms with van der Waals surface area (Å²) in [7, 11) is 0. The first kappa shape index (κ1) is 29.2. The van der Waals surface area contributed by atoms with Crippen molar-refractivity contribution in [1.29, 1.82) is 0 Å². The van der Waals surface area contributed by atoms with Gasteiger partial charge in [0, 0.05) is 6.42 Å². The van der Waals surface area contributed by atoms with Gasteiger partial charge in [-0.05, 0) is 85.7 Å². The van der Waals surface area contributed by atoms with Gasteiger partial charge in [-0.2, -0.15) is 26.3 Å². The van der Waals surface area contributed by atoms with Gasteiger partial charge in [0.15, 0.2) is 0 Å². The molecule has 6 atom stereocenters. The highest BCUT2D eigenvalue weighted by Gasteiger charge is 2.69. The number of fused-ring (bicyclic) bond motifs is 1. The van der Waals surface area contributed by atoms with Crippen LogP contribution in [0.2, 0.25) is 0 Å². The standard InChI is InChI=1S/C27H38F6O3/c1-16(6-4-13-25(36,26(28,29)30)27(31,32)33)21-10-11-22-18(7-5-12-24(21,22)3)8-9-19-14-20(34)15-23(35)17(19)2/h8-9,16,20-23,34-36H,2,4-7,10-15H2,1,3H3/t16-,20-,21-,22?,23+,24?/m1/s1. The molecule has 3 aliphatic rings. The molecule has 3 nitrogen and oxygen atoms in total. The van der Waals surface area contributed by atoms with E-state index in [-0.39, 0.29) is 42.4 Å². The molecule has 2 unspecified atom stereocenters. The molecular weight excluding hydrogens is 486 g/mol. The number of aliphatic hydroxyl groups excluding tert-OH is 2. The summed E-state index contributed by atoms with van der Waals surface area (Å²) >= 11 is 0. The summed E-state index contributed by atoms with van der Waals surface area (Å²) in [6.45, 7) is 8.03. The van der Waals surface area contributed by atoms with Crippen molar-refractivity contribution in [2.24, 2.45) is 23.2 Å². The topological polar surface area (TPSA) is 60.7 Å². The van der Waals surface area contributed by atoms with E-state index < -0.39 is 36.6 Å². The van der Waals surface area contributed by atoms with Crippen LogP contribution in [0.25, 0.3) is 0 Å². The van der Waals surface area contributed by atoms with Gasteiger partial charge in [-0.1, -0.05) is 44.6 Å². The normalized spacial score (nSPS) is 35.4. The molecule has 3 N–H and O–H groups in total. The molecule has 0 spiro atoms. The van der Waals surface area contributed by atoms with Crippen LogP contribution in [-0.4, -0.2) is 45.5 Å². The van der Waals surface area contributed by atoms with Crippen molar-refractivity contribution in [1.82, 2.24) is 0 Å². The second-order valence-electron chi connectivity index (χ2n) is 11.4. The van der Waals surface area contributed by atoms with Crippen molar-refractivity contribution < 1.29 is 41.7 Å². The number of halogens is 6. The molecule has 206 valence electrons. The van der Waals surface area contributed by atoms with Crippen LogP contribution in [0, 0.1) is 23.2 Å². The van der Waals surface area contributed by atoms with Gasteiger partial charge in [0.1, 0.15) is 0 Å². The van der Waals surface area contributed by atoms with Crippen LogP contribution in [0.5, 0.6) is 0 Å². The minimum Gasteiger partial charge on any atom is -0.393 e. The lowest BCUT2D eigenvalue weighted by molar-refractivity contribution is -0.370. The monoisotopic (exact) mass is 524 g/mol. The van der Waals surface area contributed by atoms with Gasteiger partial charge >= 0.3 is 12.4 Å². The number of alkyl halides is 6. The maximum Gasteiger partial charge on any atom is 0.426 e. The Morgan fingerprint density at radius 3 is 2.33 bits per heavy atom. The van der Waals surface area contributed by atoms with E-state index >= 15 is 0 Å². The largest absolute Gasteiger partial charge is 0.426 e. The Hall–Kier alpha value is -1.32. The predicted molar refractivity (Wildman–Crippen MR) is 125 cm³/mol. The van der Waals surface area contributed by atoms with E-state index in [1.54, 1.807) is 0 Å². The first-order chi connectivity index (χ1) is 16.5. The highest BCUT2D eigenvalue weighted by molar-refractivity contribution is 5.38. The van der Waals surface area contributed by atoms with Gasteiger partial charge in [0.25, 0.3) is 5.60 Å². The number of hydrogen-bond donors (Lipinski definition) is 3. The molecule has 0 bridgehead atoms. The van der Waals surface area contributed by atoms with Crippen molar-refractivity contribution >= 4 is 0 Å². The first-order valence-corrected chi connectivity index (χ1v) is 12.8. The van der Waals surface area contributed by atoms with E-state index in [4.69, 9.17) is 0 Å². The van der Waals surface area contributed by atoms with Crippen LogP contribution < -0.4 is 0 Å². The van der Waals surface area contributed by atoms with E-state index in [0.29, 0.717) is 12.0 Å². The zero-order valence-corrected chi connectivity index (χ0v) is 20.9. The fourth-order valence-electron chi connectivity index (χ4n) is 7.00. The van der Waals surface area contributed by atoms with E-state index in [1.165, 1.54) is 5.57 Å². The molecule has 0 heterocycles. The molecular formula is C27H38F6O3. The molecule has 0 aromatic heterocycles. The van der Waals surface area contributed by atoms with Gasteiger partial charge in [0.05, 0.1) is 12.2 Å². The molecule has 3 fully saturated rings. The average Bonchev–Trinajstić information content (AvgIpc) is 3.11. The van der Waals surface area contributed by atoms with Gasteiger partial charge in [-0.15, -0.1) is 0 Å².